The summed E-state index contributed by atoms with van der Waals surface area (Å²) in [6, 6.07) is 0. The third-order valence-corrected chi connectivity index (χ3v) is 4.64. The molecule has 0 aliphatic carbocycles. The van der Waals surface area contributed by atoms with E-state index in [1.54, 1.807) is 4.31 Å². The van der Waals surface area contributed by atoms with Gasteiger partial charge >= 0.3 is 0 Å². The molecule has 1 fully saturated rings. The normalized spacial score (nSPS) is 21.7. The highest BCUT2D eigenvalue weighted by Crippen LogP contribution is 2.09. The Hall–Kier alpha value is -0.130. The van der Waals surface area contributed by atoms with Crippen molar-refractivity contribution in [2.45, 2.75) is 13.8 Å². The quantitative estimate of drug-likeness (QED) is 0.683. The van der Waals surface area contributed by atoms with Crippen LogP contribution in [0.15, 0.2) is 0 Å². The average Bonchev–Trinajstić information content (AvgIpc) is 2.02. The second-order valence-corrected chi connectivity index (χ2v) is 6.39. The highest BCUT2D eigenvalue weighted by atomic mass is 32.2. The van der Waals surface area contributed by atoms with Crippen molar-refractivity contribution in [1.29, 1.82) is 0 Å². The van der Waals surface area contributed by atoms with Gasteiger partial charge in [-0.05, 0) is 13.0 Å². The van der Waals surface area contributed by atoms with Crippen molar-refractivity contribution in [3.63, 3.8) is 0 Å². The summed E-state index contributed by atoms with van der Waals surface area (Å²) in [6.07, 6.45) is 0. The molecule has 14 heavy (non-hydrogen) atoms. The molecule has 0 aromatic carbocycles. The van der Waals surface area contributed by atoms with E-state index in [-0.39, 0.29) is 11.7 Å². The average molecular weight is 220 g/mol. The number of piperazine rings is 1. The van der Waals surface area contributed by atoms with Crippen LogP contribution in [0.2, 0.25) is 0 Å². The van der Waals surface area contributed by atoms with Gasteiger partial charge in [0.2, 0.25) is 10.0 Å². The number of sulfonamides is 1. The maximum Gasteiger partial charge on any atom is 0.214 e. The molecule has 5 heteroatoms. The molecule has 0 spiro atoms. The summed E-state index contributed by atoms with van der Waals surface area (Å²) >= 11 is 0. The van der Waals surface area contributed by atoms with E-state index in [1.807, 2.05) is 20.9 Å². The van der Waals surface area contributed by atoms with Gasteiger partial charge in [0.15, 0.2) is 0 Å². The predicted molar refractivity (Wildman–Crippen MR) is 57.7 cm³/mol. The first-order valence-corrected chi connectivity index (χ1v) is 6.69. The minimum absolute atomic E-state index is 0.208. The van der Waals surface area contributed by atoms with Crippen molar-refractivity contribution in [2.75, 3.05) is 39.0 Å². The number of hydrogen-bond donors (Lipinski definition) is 0. The summed E-state index contributed by atoms with van der Waals surface area (Å²) in [5, 5.41) is 0. The molecule has 0 atom stereocenters. The number of rotatable bonds is 3. The van der Waals surface area contributed by atoms with Gasteiger partial charge in [-0.2, -0.15) is 4.31 Å². The van der Waals surface area contributed by atoms with Crippen LogP contribution in [0.1, 0.15) is 13.8 Å². The second kappa shape index (κ2) is 4.59. The molecule has 0 radical (unpaired) electrons. The molecular weight excluding hydrogens is 200 g/mol. The van der Waals surface area contributed by atoms with Crippen LogP contribution in [0.5, 0.6) is 0 Å². The molecule has 0 bridgehead atoms. The van der Waals surface area contributed by atoms with Crippen LogP contribution in [0.3, 0.4) is 0 Å². The van der Waals surface area contributed by atoms with E-state index in [0.717, 1.165) is 13.1 Å². The largest absolute Gasteiger partial charge is 0.304 e. The lowest BCUT2D eigenvalue weighted by Gasteiger charge is -2.31. The van der Waals surface area contributed by atoms with Crippen molar-refractivity contribution in [3.05, 3.63) is 0 Å². The van der Waals surface area contributed by atoms with E-state index in [2.05, 4.69) is 4.90 Å². The third-order valence-electron chi connectivity index (χ3n) is 2.40. The maximum absolute atomic E-state index is 11.8. The Kier molecular flexibility index (Phi) is 3.92. The van der Waals surface area contributed by atoms with Gasteiger partial charge in [0.1, 0.15) is 0 Å². The highest BCUT2D eigenvalue weighted by molar-refractivity contribution is 7.89. The second-order valence-electron chi connectivity index (χ2n) is 4.37. The Labute approximate surface area is 86.9 Å². The SMILES string of the molecule is CC(C)CS(=O)(=O)N1CCN(C)CC1. The topological polar surface area (TPSA) is 40.6 Å². The zero-order chi connectivity index (χ0) is 10.8. The molecule has 4 nitrogen and oxygen atoms in total. The molecule has 1 aliphatic heterocycles. The van der Waals surface area contributed by atoms with Crippen molar-refractivity contribution in [1.82, 2.24) is 9.21 Å². The highest BCUT2D eigenvalue weighted by Gasteiger charge is 2.25. The van der Waals surface area contributed by atoms with Crippen LogP contribution in [-0.4, -0.2) is 56.6 Å². The lowest BCUT2D eigenvalue weighted by molar-refractivity contribution is 0.222. The van der Waals surface area contributed by atoms with Crippen molar-refractivity contribution in [3.8, 4) is 0 Å². The number of likely N-dealkylation sites (N-methyl/N-ethyl adjacent to an activating group) is 1. The fourth-order valence-corrected chi connectivity index (χ4v) is 3.37. The first-order chi connectivity index (χ1) is 6.42. The Morgan fingerprint density at radius 2 is 1.64 bits per heavy atom. The molecular formula is C9H20N2O2S. The van der Waals surface area contributed by atoms with Crippen LogP contribution in [0, 0.1) is 5.92 Å². The fourth-order valence-electron chi connectivity index (χ4n) is 1.59. The van der Waals surface area contributed by atoms with Gasteiger partial charge in [0.05, 0.1) is 5.75 Å². The van der Waals surface area contributed by atoms with Crippen molar-refractivity contribution < 1.29 is 8.42 Å². The fraction of sp³-hybridized carbons (Fsp3) is 1.00. The standard InChI is InChI=1S/C9H20N2O2S/c1-9(2)8-14(12,13)11-6-4-10(3)5-7-11/h9H,4-8H2,1-3H3. The molecule has 1 aliphatic rings. The van der Waals surface area contributed by atoms with Crippen LogP contribution >= 0.6 is 0 Å². The monoisotopic (exact) mass is 220 g/mol. The molecule has 1 rings (SSSR count). The summed E-state index contributed by atoms with van der Waals surface area (Å²) in [7, 11) is -0.979. The smallest absolute Gasteiger partial charge is 0.214 e. The zero-order valence-electron chi connectivity index (χ0n) is 9.23. The van der Waals surface area contributed by atoms with Gasteiger partial charge in [-0.1, -0.05) is 13.8 Å². The van der Waals surface area contributed by atoms with E-state index >= 15 is 0 Å². The molecule has 1 saturated heterocycles. The Morgan fingerprint density at radius 1 is 1.14 bits per heavy atom. The summed E-state index contributed by atoms with van der Waals surface area (Å²) in [5.41, 5.74) is 0. The summed E-state index contributed by atoms with van der Waals surface area (Å²) in [4.78, 5) is 2.15. The van der Waals surface area contributed by atoms with E-state index in [9.17, 15) is 8.42 Å². The van der Waals surface area contributed by atoms with E-state index in [1.165, 1.54) is 0 Å². The van der Waals surface area contributed by atoms with Gasteiger partial charge in [-0.25, -0.2) is 8.42 Å². The van der Waals surface area contributed by atoms with E-state index in [0.29, 0.717) is 13.1 Å². The number of hydrogen-bond acceptors (Lipinski definition) is 3. The Bertz CT molecular complexity index is 267. The van der Waals surface area contributed by atoms with Crippen LogP contribution in [0.25, 0.3) is 0 Å². The zero-order valence-corrected chi connectivity index (χ0v) is 10.0. The summed E-state index contributed by atoms with van der Waals surface area (Å²) in [5.74, 6) is 0.483. The first kappa shape index (κ1) is 11.9. The Morgan fingerprint density at radius 3 is 2.07 bits per heavy atom. The van der Waals surface area contributed by atoms with E-state index < -0.39 is 10.0 Å². The van der Waals surface area contributed by atoms with Crippen LogP contribution in [-0.2, 0) is 10.0 Å². The van der Waals surface area contributed by atoms with Gasteiger partial charge in [0.25, 0.3) is 0 Å². The maximum atomic E-state index is 11.8. The van der Waals surface area contributed by atoms with Gasteiger partial charge in [-0.3, -0.25) is 0 Å². The number of nitrogens with zero attached hydrogens (tertiary/aromatic N) is 2. The van der Waals surface area contributed by atoms with Gasteiger partial charge < -0.3 is 4.90 Å². The summed E-state index contributed by atoms with van der Waals surface area (Å²) in [6.45, 7) is 6.85. The first-order valence-electron chi connectivity index (χ1n) is 5.08. The minimum Gasteiger partial charge on any atom is -0.304 e. The molecule has 0 aromatic heterocycles. The van der Waals surface area contributed by atoms with Crippen LogP contribution < -0.4 is 0 Å². The lowest BCUT2D eigenvalue weighted by atomic mass is 10.3. The molecule has 0 unspecified atom stereocenters. The molecule has 1 heterocycles. The van der Waals surface area contributed by atoms with Crippen molar-refractivity contribution >= 4 is 10.0 Å². The Balaban J connectivity index is 2.56. The molecule has 0 amide bonds. The molecule has 84 valence electrons. The van der Waals surface area contributed by atoms with Gasteiger partial charge in [0, 0.05) is 26.2 Å². The van der Waals surface area contributed by atoms with Gasteiger partial charge in [-0.15, -0.1) is 0 Å². The minimum atomic E-state index is -3.00. The van der Waals surface area contributed by atoms with Crippen molar-refractivity contribution in [2.24, 2.45) is 5.92 Å². The van der Waals surface area contributed by atoms with Crippen LogP contribution in [0.4, 0.5) is 0 Å². The molecule has 0 N–H and O–H groups in total. The molecule has 0 saturated carbocycles. The van der Waals surface area contributed by atoms with E-state index in [4.69, 9.17) is 0 Å². The lowest BCUT2D eigenvalue weighted by Crippen LogP contribution is -2.48. The predicted octanol–water partition coefficient (Wildman–Crippen LogP) is 0.220. The molecule has 0 aromatic rings. The third kappa shape index (κ3) is 3.22. The summed E-state index contributed by atoms with van der Waals surface area (Å²) < 4.78 is 25.2.